The van der Waals surface area contributed by atoms with Crippen LogP contribution in [0.25, 0.3) is 0 Å². The summed E-state index contributed by atoms with van der Waals surface area (Å²) >= 11 is 0. The van der Waals surface area contributed by atoms with Crippen LogP contribution in [0, 0.1) is 5.82 Å². The van der Waals surface area contributed by atoms with Gasteiger partial charge in [-0.1, -0.05) is 24.6 Å². The largest absolute Gasteiger partial charge is 0.429 e. The van der Waals surface area contributed by atoms with E-state index in [0.717, 1.165) is 19.3 Å². The third-order valence-corrected chi connectivity index (χ3v) is 4.68. The topological polar surface area (TPSA) is 56.8 Å². The van der Waals surface area contributed by atoms with Crippen LogP contribution < -0.4 is 5.48 Å². The molecule has 0 radical (unpaired) electrons. The highest BCUT2D eigenvalue weighted by atomic mass is 19.1. The van der Waals surface area contributed by atoms with E-state index in [0.29, 0.717) is 18.4 Å². The molecule has 3 aliphatic rings. The van der Waals surface area contributed by atoms with Crippen LogP contribution in [0.2, 0.25) is 0 Å². The number of carbonyl (C=O) groups excluding carboxylic acids is 1. The number of hydroxylamine groups is 1. The van der Waals surface area contributed by atoms with E-state index in [2.05, 4.69) is 5.48 Å². The molecule has 0 amide bonds. The van der Waals surface area contributed by atoms with Crippen molar-refractivity contribution in [2.45, 2.75) is 56.1 Å². The molecule has 118 valence electrons. The molecule has 2 spiro atoms. The Kier molecular flexibility index (Phi) is 3.21. The summed E-state index contributed by atoms with van der Waals surface area (Å²) in [6.45, 7) is 0. The minimum Gasteiger partial charge on any atom is -0.429 e. The van der Waals surface area contributed by atoms with Gasteiger partial charge in [0.1, 0.15) is 5.82 Å². The molecule has 2 saturated heterocycles. The molecule has 22 heavy (non-hydrogen) atoms. The van der Waals surface area contributed by atoms with Crippen molar-refractivity contribution in [1.82, 2.24) is 5.48 Å². The lowest BCUT2D eigenvalue weighted by atomic mass is 9.94. The number of hydrogen-bond acceptors (Lipinski definition) is 5. The van der Waals surface area contributed by atoms with Crippen molar-refractivity contribution in [2.24, 2.45) is 0 Å². The molecule has 0 aromatic heterocycles. The minimum atomic E-state index is -1.45. The molecule has 0 bridgehead atoms. The van der Waals surface area contributed by atoms with E-state index in [4.69, 9.17) is 14.3 Å². The predicted octanol–water partition coefficient (Wildman–Crippen LogP) is 2.72. The van der Waals surface area contributed by atoms with Crippen LogP contribution in [-0.2, 0) is 19.1 Å². The van der Waals surface area contributed by atoms with E-state index in [1.165, 1.54) is 6.07 Å². The van der Waals surface area contributed by atoms with E-state index >= 15 is 0 Å². The average Bonchev–Trinajstić information content (AvgIpc) is 3.03. The highest BCUT2D eigenvalue weighted by molar-refractivity contribution is 5.80. The summed E-state index contributed by atoms with van der Waals surface area (Å²) in [5.41, 5.74) is 3.19. The minimum absolute atomic E-state index is 0.203. The summed E-state index contributed by atoms with van der Waals surface area (Å²) in [6.07, 6.45) is 4.63. The molecule has 1 aliphatic carbocycles. The van der Waals surface area contributed by atoms with Crippen molar-refractivity contribution in [3.63, 3.8) is 0 Å². The van der Waals surface area contributed by atoms with E-state index in [9.17, 15) is 9.18 Å². The third kappa shape index (κ3) is 2.14. The summed E-state index contributed by atoms with van der Waals surface area (Å²) in [5.74, 6) is -3.16. The number of esters is 1. The van der Waals surface area contributed by atoms with Crippen LogP contribution in [-0.4, -0.2) is 17.5 Å². The van der Waals surface area contributed by atoms with E-state index < -0.39 is 23.6 Å². The fraction of sp³-hybridized carbons (Fsp3) is 0.562. The zero-order valence-electron chi connectivity index (χ0n) is 12.1. The van der Waals surface area contributed by atoms with Crippen molar-refractivity contribution in [3.8, 4) is 0 Å². The number of ether oxygens (including phenoxy) is 2. The molecule has 1 aromatic rings. The maximum Gasteiger partial charge on any atom is 0.371 e. The molecule has 6 heteroatoms. The third-order valence-electron chi connectivity index (χ3n) is 4.68. The molecule has 1 saturated carbocycles. The normalized spacial score (nSPS) is 33.5. The summed E-state index contributed by atoms with van der Waals surface area (Å²) < 4.78 is 25.4. The Bertz CT molecular complexity index is 602. The van der Waals surface area contributed by atoms with Gasteiger partial charge in [-0.2, -0.15) is 5.48 Å². The number of hydrogen-bond donors (Lipinski definition) is 1. The second kappa shape index (κ2) is 5.01. The van der Waals surface area contributed by atoms with Crippen LogP contribution in [0.1, 0.15) is 50.1 Å². The second-order valence-corrected chi connectivity index (χ2v) is 6.21. The molecule has 2 atom stereocenters. The van der Waals surface area contributed by atoms with Crippen molar-refractivity contribution < 1.29 is 23.5 Å². The summed E-state index contributed by atoms with van der Waals surface area (Å²) in [6, 6.07) is 6.00. The van der Waals surface area contributed by atoms with Crippen LogP contribution in [0.5, 0.6) is 0 Å². The van der Waals surface area contributed by atoms with Crippen LogP contribution in [0.15, 0.2) is 24.3 Å². The highest BCUT2D eigenvalue weighted by Gasteiger charge is 2.63. The van der Waals surface area contributed by atoms with Gasteiger partial charge in [0.05, 0.1) is 6.04 Å². The molecule has 2 heterocycles. The first kappa shape index (κ1) is 14.1. The van der Waals surface area contributed by atoms with Crippen molar-refractivity contribution in [2.75, 3.05) is 0 Å². The second-order valence-electron chi connectivity index (χ2n) is 6.21. The Hall–Kier alpha value is -1.50. The van der Waals surface area contributed by atoms with Crippen LogP contribution in [0.4, 0.5) is 4.39 Å². The van der Waals surface area contributed by atoms with Crippen LogP contribution in [0.3, 0.4) is 0 Å². The predicted molar refractivity (Wildman–Crippen MR) is 73.7 cm³/mol. The molecule has 4 rings (SSSR count). The van der Waals surface area contributed by atoms with Crippen LogP contribution >= 0.6 is 0 Å². The van der Waals surface area contributed by atoms with Gasteiger partial charge in [-0.05, 0) is 18.9 Å². The maximum atomic E-state index is 13.9. The Morgan fingerprint density at radius 3 is 2.73 bits per heavy atom. The first-order chi connectivity index (χ1) is 10.6. The number of rotatable bonds is 1. The lowest BCUT2D eigenvalue weighted by molar-refractivity contribution is -0.270. The Balaban J connectivity index is 1.56. The zero-order valence-corrected chi connectivity index (χ0v) is 12.1. The Morgan fingerprint density at radius 2 is 1.95 bits per heavy atom. The summed E-state index contributed by atoms with van der Waals surface area (Å²) in [7, 11) is 0. The molecule has 2 unspecified atom stereocenters. The number of halogens is 1. The highest BCUT2D eigenvalue weighted by Crippen LogP contribution is 2.48. The van der Waals surface area contributed by atoms with Gasteiger partial charge in [-0.25, -0.2) is 9.18 Å². The van der Waals surface area contributed by atoms with Gasteiger partial charge in [0.25, 0.3) is 5.79 Å². The first-order valence-corrected chi connectivity index (χ1v) is 7.74. The lowest BCUT2D eigenvalue weighted by Crippen LogP contribution is -2.39. The first-order valence-electron chi connectivity index (χ1n) is 7.74. The van der Waals surface area contributed by atoms with Gasteiger partial charge < -0.3 is 4.74 Å². The van der Waals surface area contributed by atoms with E-state index in [1.54, 1.807) is 18.2 Å². The van der Waals surface area contributed by atoms with Gasteiger partial charge in [-0.3, -0.25) is 9.57 Å². The van der Waals surface area contributed by atoms with E-state index in [1.807, 2.05) is 0 Å². The van der Waals surface area contributed by atoms with Gasteiger partial charge in [-0.15, -0.1) is 0 Å². The van der Waals surface area contributed by atoms with Crippen molar-refractivity contribution >= 4 is 5.97 Å². The monoisotopic (exact) mass is 307 g/mol. The molecule has 2 aliphatic heterocycles. The average molecular weight is 307 g/mol. The zero-order chi connectivity index (χ0) is 15.2. The Morgan fingerprint density at radius 1 is 1.18 bits per heavy atom. The molecule has 1 aromatic carbocycles. The molecular formula is C16H18FNO4. The van der Waals surface area contributed by atoms with Gasteiger partial charge >= 0.3 is 5.97 Å². The fourth-order valence-electron chi connectivity index (χ4n) is 3.54. The lowest BCUT2D eigenvalue weighted by Gasteiger charge is -2.31. The molecule has 3 fully saturated rings. The van der Waals surface area contributed by atoms with Gasteiger partial charge in [0.15, 0.2) is 0 Å². The number of carbonyl (C=O) groups is 1. The van der Waals surface area contributed by atoms with Gasteiger partial charge in [0.2, 0.25) is 5.79 Å². The Labute approximate surface area is 127 Å². The van der Waals surface area contributed by atoms with Gasteiger partial charge in [0, 0.05) is 24.8 Å². The fourth-order valence-corrected chi connectivity index (χ4v) is 3.54. The summed E-state index contributed by atoms with van der Waals surface area (Å²) in [4.78, 5) is 17.8. The molecule has 1 N–H and O–H groups in total. The molecule has 5 nitrogen and oxygen atoms in total. The SMILES string of the molecule is O=C1OC2(CCCCC2)OC12CC(c1ccccc1F)NO2. The molecular weight excluding hydrogens is 289 g/mol. The number of nitrogens with one attached hydrogen (secondary N) is 1. The summed E-state index contributed by atoms with van der Waals surface area (Å²) in [5, 5.41) is 0. The van der Waals surface area contributed by atoms with Crippen molar-refractivity contribution in [3.05, 3.63) is 35.6 Å². The smallest absolute Gasteiger partial charge is 0.371 e. The quantitative estimate of drug-likeness (QED) is 0.809. The maximum absolute atomic E-state index is 13.9. The van der Waals surface area contributed by atoms with Crippen molar-refractivity contribution in [1.29, 1.82) is 0 Å². The van der Waals surface area contributed by atoms with E-state index in [-0.39, 0.29) is 12.2 Å². The number of benzene rings is 1. The standard InChI is InChI=1S/C16H18FNO4/c17-12-7-3-2-6-11(12)13-10-16(22-18-13)14(19)20-15(21-16)8-4-1-5-9-15/h2-3,6-7,13,18H,1,4-5,8-10H2.